The summed E-state index contributed by atoms with van der Waals surface area (Å²) in [7, 11) is 0. The zero-order valence-electron chi connectivity index (χ0n) is 14.2. The topological polar surface area (TPSA) is 92.3 Å². The minimum atomic E-state index is -0.385. The predicted molar refractivity (Wildman–Crippen MR) is 93.9 cm³/mol. The van der Waals surface area contributed by atoms with Crippen LogP contribution >= 0.6 is 11.3 Å². The van der Waals surface area contributed by atoms with Gasteiger partial charge in [0.25, 0.3) is 17.7 Å². The standard InChI is InChI=1S/C17H18N4O3S/c1-4-9(3)21-15(23)11-7-6-10(8-12(11)16(21)24)14(22)18-17-20-19-13(5-2)25-17/h6-9H,4-5H2,1-3H3,(H,18,20,22)/t9-/m1/s1. The Balaban J connectivity index is 1.85. The number of nitrogens with one attached hydrogen (secondary N) is 1. The first-order chi connectivity index (χ1) is 12.0. The fraction of sp³-hybridized carbons (Fsp3) is 0.353. The first kappa shape index (κ1) is 17.2. The summed E-state index contributed by atoms with van der Waals surface area (Å²) in [6.07, 6.45) is 1.42. The molecule has 8 heteroatoms. The fourth-order valence-corrected chi connectivity index (χ4v) is 3.27. The normalized spacial score (nSPS) is 14.6. The van der Waals surface area contributed by atoms with Gasteiger partial charge in [-0.15, -0.1) is 10.2 Å². The summed E-state index contributed by atoms with van der Waals surface area (Å²) in [5.41, 5.74) is 0.912. The van der Waals surface area contributed by atoms with E-state index in [-0.39, 0.29) is 29.3 Å². The Morgan fingerprint density at radius 2 is 1.92 bits per heavy atom. The summed E-state index contributed by atoms with van der Waals surface area (Å²) >= 11 is 1.31. The molecule has 0 fully saturated rings. The number of aryl methyl sites for hydroxylation is 1. The van der Waals surface area contributed by atoms with Gasteiger partial charge in [0.1, 0.15) is 5.01 Å². The summed E-state index contributed by atoms with van der Waals surface area (Å²) in [4.78, 5) is 38.6. The maximum atomic E-state index is 12.5. The van der Waals surface area contributed by atoms with E-state index in [1.54, 1.807) is 6.07 Å². The average molecular weight is 358 g/mol. The van der Waals surface area contributed by atoms with Crippen molar-refractivity contribution < 1.29 is 14.4 Å². The number of nitrogens with zero attached hydrogens (tertiary/aromatic N) is 3. The number of anilines is 1. The van der Waals surface area contributed by atoms with E-state index < -0.39 is 0 Å². The van der Waals surface area contributed by atoms with Gasteiger partial charge in [0, 0.05) is 11.6 Å². The molecule has 25 heavy (non-hydrogen) atoms. The first-order valence-corrected chi connectivity index (χ1v) is 8.93. The Labute approximate surface area is 149 Å². The van der Waals surface area contributed by atoms with Crippen molar-refractivity contribution in [2.45, 2.75) is 39.7 Å². The predicted octanol–water partition coefficient (Wildman–Crippen LogP) is 2.75. The van der Waals surface area contributed by atoms with Crippen molar-refractivity contribution in [2.24, 2.45) is 0 Å². The van der Waals surface area contributed by atoms with E-state index >= 15 is 0 Å². The van der Waals surface area contributed by atoms with Gasteiger partial charge in [0.2, 0.25) is 5.13 Å². The van der Waals surface area contributed by atoms with Gasteiger partial charge < -0.3 is 0 Å². The number of amides is 3. The SMILES string of the molecule is CCc1nnc(NC(=O)c2ccc3c(c2)C(=O)N([C@H](C)CC)C3=O)s1. The van der Waals surface area contributed by atoms with E-state index in [0.29, 0.717) is 22.7 Å². The maximum absolute atomic E-state index is 12.5. The van der Waals surface area contributed by atoms with Crippen LogP contribution in [-0.4, -0.2) is 38.9 Å². The van der Waals surface area contributed by atoms with Crippen LogP contribution < -0.4 is 5.32 Å². The molecule has 2 aromatic rings. The van der Waals surface area contributed by atoms with Crippen LogP contribution in [0.1, 0.15) is 63.3 Å². The summed E-state index contributed by atoms with van der Waals surface area (Å²) in [6.45, 7) is 5.70. The smallest absolute Gasteiger partial charge is 0.261 e. The Morgan fingerprint density at radius 3 is 2.56 bits per heavy atom. The highest BCUT2D eigenvalue weighted by Gasteiger charge is 2.38. The molecule has 7 nitrogen and oxygen atoms in total. The third-order valence-electron chi connectivity index (χ3n) is 4.20. The van der Waals surface area contributed by atoms with Crippen LogP contribution in [0.15, 0.2) is 18.2 Å². The van der Waals surface area contributed by atoms with Gasteiger partial charge in [0.15, 0.2) is 0 Å². The van der Waals surface area contributed by atoms with Gasteiger partial charge in [-0.1, -0.05) is 25.2 Å². The molecule has 0 spiro atoms. The largest absolute Gasteiger partial charge is 0.296 e. The number of fused-ring (bicyclic) bond motifs is 1. The summed E-state index contributed by atoms with van der Waals surface area (Å²) in [5.74, 6) is -1.05. The minimum Gasteiger partial charge on any atom is -0.296 e. The zero-order valence-corrected chi connectivity index (χ0v) is 15.0. The number of benzene rings is 1. The van der Waals surface area contributed by atoms with E-state index in [0.717, 1.165) is 11.4 Å². The number of rotatable bonds is 5. The molecule has 2 heterocycles. The third-order valence-corrected chi connectivity index (χ3v) is 5.18. The number of imide groups is 1. The lowest BCUT2D eigenvalue weighted by Crippen LogP contribution is -2.37. The molecule has 1 atom stereocenters. The van der Waals surface area contributed by atoms with E-state index in [9.17, 15) is 14.4 Å². The fourth-order valence-electron chi connectivity index (χ4n) is 2.60. The molecule has 3 amide bonds. The van der Waals surface area contributed by atoms with Gasteiger partial charge in [-0.2, -0.15) is 0 Å². The molecular formula is C17H18N4O3S. The van der Waals surface area contributed by atoms with Gasteiger partial charge in [0.05, 0.1) is 11.1 Å². The van der Waals surface area contributed by atoms with E-state index in [1.165, 1.54) is 28.4 Å². The van der Waals surface area contributed by atoms with Crippen LogP contribution in [0.5, 0.6) is 0 Å². The molecule has 0 bridgehead atoms. The lowest BCUT2D eigenvalue weighted by molar-refractivity contribution is 0.0593. The van der Waals surface area contributed by atoms with Gasteiger partial charge in [-0.05, 0) is 38.0 Å². The van der Waals surface area contributed by atoms with Crippen molar-refractivity contribution in [1.82, 2.24) is 15.1 Å². The molecule has 130 valence electrons. The van der Waals surface area contributed by atoms with Gasteiger partial charge >= 0.3 is 0 Å². The molecule has 1 N–H and O–H groups in total. The number of hydrogen-bond donors (Lipinski definition) is 1. The van der Waals surface area contributed by atoms with Crippen molar-refractivity contribution in [3.63, 3.8) is 0 Å². The molecule has 0 saturated carbocycles. The highest BCUT2D eigenvalue weighted by molar-refractivity contribution is 7.15. The lowest BCUT2D eigenvalue weighted by atomic mass is 10.1. The van der Waals surface area contributed by atoms with Crippen LogP contribution in [0.4, 0.5) is 5.13 Å². The van der Waals surface area contributed by atoms with E-state index in [2.05, 4.69) is 15.5 Å². The quantitative estimate of drug-likeness (QED) is 0.830. The Bertz CT molecular complexity index is 861. The van der Waals surface area contributed by atoms with Crippen LogP contribution in [-0.2, 0) is 6.42 Å². The molecule has 1 aromatic heterocycles. The van der Waals surface area contributed by atoms with Crippen LogP contribution in [0, 0.1) is 0 Å². The number of hydrogen-bond acceptors (Lipinski definition) is 6. The molecule has 1 aliphatic rings. The lowest BCUT2D eigenvalue weighted by Gasteiger charge is -2.20. The number of carbonyl (C=O) groups excluding carboxylic acids is 3. The molecule has 1 aliphatic heterocycles. The minimum absolute atomic E-state index is 0.182. The van der Waals surface area contributed by atoms with Crippen LogP contribution in [0.25, 0.3) is 0 Å². The second kappa shape index (κ2) is 6.72. The van der Waals surface area contributed by atoms with Gasteiger partial charge in [-0.25, -0.2) is 0 Å². The van der Waals surface area contributed by atoms with Crippen molar-refractivity contribution in [3.05, 3.63) is 39.9 Å². The first-order valence-electron chi connectivity index (χ1n) is 8.11. The maximum Gasteiger partial charge on any atom is 0.261 e. The molecule has 0 radical (unpaired) electrons. The molecule has 1 aromatic carbocycles. The molecule has 0 aliphatic carbocycles. The van der Waals surface area contributed by atoms with E-state index in [1.807, 2.05) is 20.8 Å². The second-order valence-corrected chi connectivity index (χ2v) is 6.87. The summed E-state index contributed by atoms with van der Waals surface area (Å²) in [6, 6.07) is 4.36. The third kappa shape index (κ3) is 3.05. The van der Waals surface area contributed by atoms with Crippen LogP contribution in [0.2, 0.25) is 0 Å². The molecular weight excluding hydrogens is 340 g/mol. The number of aromatic nitrogens is 2. The Kier molecular flexibility index (Phi) is 4.63. The monoisotopic (exact) mass is 358 g/mol. The van der Waals surface area contributed by atoms with Gasteiger partial charge in [-0.3, -0.25) is 24.6 Å². The van der Waals surface area contributed by atoms with Crippen LogP contribution in [0.3, 0.4) is 0 Å². The number of carbonyl (C=O) groups is 3. The molecule has 0 saturated heterocycles. The average Bonchev–Trinajstić information content (AvgIpc) is 3.17. The Hall–Kier alpha value is -2.61. The molecule has 3 rings (SSSR count). The van der Waals surface area contributed by atoms with Crippen molar-refractivity contribution >= 4 is 34.2 Å². The highest BCUT2D eigenvalue weighted by Crippen LogP contribution is 2.27. The Morgan fingerprint density at radius 1 is 1.20 bits per heavy atom. The summed E-state index contributed by atoms with van der Waals surface area (Å²) < 4.78 is 0. The van der Waals surface area contributed by atoms with Crippen molar-refractivity contribution in [1.29, 1.82) is 0 Å². The highest BCUT2D eigenvalue weighted by atomic mass is 32.1. The van der Waals surface area contributed by atoms with Crippen molar-refractivity contribution in [3.8, 4) is 0 Å². The van der Waals surface area contributed by atoms with Crippen molar-refractivity contribution in [2.75, 3.05) is 5.32 Å². The van der Waals surface area contributed by atoms with E-state index in [4.69, 9.17) is 0 Å². The summed E-state index contributed by atoms with van der Waals surface area (Å²) in [5, 5.41) is 11.8. The zero-order chi connectivity index (χ0) is 18.1. The molecule has 0 unspecified atom stereocenters. The second-order valence-electron chi connectivity index (χ2n) is 5.81.